The summed E-state index contributed by atoms with van der Waals surface area (Å²) in [7, 11) is -2.47. The van der Waals surface area contributed by atoms with E-state index in [1.54, 1.807) is 6.07 Å². The SMILES string of the molecule is COc1ccc(CC(=O)Nc2cscc2S(=O)(=O)c2ccc(Cl)cc2)cc1F. The number of benzene rings is 2. The molecule has 146 valence electrons. The lowest BCUT2D eigenvalue weighted by Crippen LogP contribution is -2.16. The number of hydrogen-bond acceptors (Lipinski definition) is 5. The van der Waals surface area contributed by atoms with Crippen LogP contribution in [-0.2, 0) is 21.1 Å². The zero-order valence-corrected chi connectivity index (χ0v) is 17.0. The van der Waals surface area contributed by atoms with Gasteiger partial charge in [0, 0.05) is 15.8 Å². The van der Waals surface area contributed by atoms with Crippen LogP contribution in [0.5, 0.6) is 5.75 Å². The van der Waals surface area contributed by atoms with Crippen molar-refractivity contribution in [2.24, 2.45) is 0 Å². The second-order valence-electron chi connectivity index (χ2n) is 5.80. The molecule has 0 fully saturated rings. The number of anilines is 1. The summed E-state index contributed by atoms with van der Waals surface area (Å²) in [6, 6.07) is 9.98. The first-order valence-electron chi connectivity index (χ1n) is 8.00. The van der Waals surface area contributed by atoms with Gasteiger partial charge in [0.2, 0.25) is 15.7 Å². The van der Waals surface area contributed by atoms with Crippen molar-refractivity contribution in [1.29, 1.82) is 0 Å². The van der Waals surface area contributed by atoms with Crippen molar-refractivity contribution >= 4 is 44.4 Å². The molecule has 0 saturated heterocycles. The molecule has 28 heavy (non-hydrogen) atoms. The topological polar surface area (TPSA) is 72.5 Å². The number of nitrogens with one attached hydrogen (secondary N) is 1. The maximum Gasteiger partial charge on any atom is 0.228 e. The summed E-state index contributed by atoms with van der Waals surface area (Å²) < 4.78 is 44.3. The Bertz CT molecular complexity index is 1110. The summed E-state index contributed by atoms with van der Waals surface area (Å²) in [6.45, 7) is 0. The number of halogens is 2. The number of amides is 1. The Morgan fingerprint density at radius 3 is 2.54 bits per heavy atom. The van der Waals surface area contributed by atoms with Crippen molar-refractivity contribution in [1.82, 2.24) is 0 Å². The van der Waals surface area contributed by atoms with E-state index < -0.39 is 21.6 Å². The Hall–Kier alpha value is -2.42. The van der Waals surface area contributed by atoms with Gasteiger partial charge >= 0.3 is 0 Å². The van der Waals surface area contributed by atoms with Gasteiger partial charge in [-0.25, -0.2) is 12.8 Å². The second kappa shape index (κ2) is 8.30. The molecule has 1 N–H and O–H groups in total. The van der Waals surface area contributed by atoms with E-state index in [0.29, 0.717) is 10.6 Å². The fraction of sp³-hybridized carbons (Fsp3) is 0.105. The minimum atomic E-state index is -3.82. The van der Waals surface area contributed by atoms with Crippen LogP contribution in [0.1, 0.15) is 5.56 Å². The molecule has 0 aliphatic carbocycles. The minimum absolute atomic E-state index is 0.00548. The highest BCUT2D eigenvalue weighted by Gasteiger charge is 2.23. The van der Waals surface area contributed by atoms with Gasteiger partial charge in [0.05, 0.1) is 24.1 Å². The predicted octanol–water partition coefficient (Wildman–Crippen LogP) is 4.56. The van der Waals surface area contributed by atoms with Crippen molar-refractivity contribution in [3.63, 3.8) is 0 Å². The maximum absolute atomic E-state index is 13.8. The van der Waals surface area contributed by atoms with Crippen molar-refractivity contribution in [3.8, 4) is 5.75 Å². The Morgan fingerprint density at radius 2 is 1.89 bits per heavy atom. The molecule has 3 aromatic rings. The summed E-state index contributed by atoms with van der Waals surface area (Å²) in [5.41, 5.74) is 0.618. The molecule has 1 aromatic heterocycles. The van der Waals surface area contributed by atoms with Crippen LogP contribution in [0.4, 0.5) is 10.1 Å². The van der Waals surface area contributed by atoms with E-state index >= 15 is 0 Å². The van der Waals surface area contributed by atoms with Crippen LogP contribution in [0.3, 0.4) is 0 Å². The minimum Gasteiger partial charge on any atom is -0.494 e. The Labute approximate surface area is 170 Å². The molecule has 1 heterocycles. The second-order valence-corrected chi connectivity index (χ2v) is 8.90. The first kappa shape index (κ1) is 20.3. The Balaban J connectivity index is 1.79. The number of hydrogen-bond donors (Lipinski definition) is 1. The van der Waals surface area contributed by atoms with Crippen LogP contribution >= 0.6 is 22.9 Å². The van der Waals surface area contributed by atoms with Crippen LogP contribution in [-0.4, -0.2) is 21.4 Å². The van der Waals surface area contributed by atoms with E-state index in [2.05, 4.69) is 5.32 Å². The molecule has 5 nitrogen and oxygen atoms in total. The van der Waals surface area contributed by atoms with Crippen LogP contribution < -0.4 is 10.1 Å². The van der Waals surface area contributed by atoms with E-state index in [1.807, 2.05) is 0 Å². The zero-order chi connectivity index (χ0) is 20.3. The lowest BCUT2D eigenvalue weighted by atomic mass is 10.1. The van der Waals surface area contributed by atoms with Crippen LogP contribution in [0, 0.1) is 5.82 Å². The Kier molecular flexibility index (Phi) is 6.02. The molecule has 2 aromatic carbocycles. The fourth-order valence-electron chi connectivity index (χ4n) is 2.52. The van der Waals surface area contributed by atoms with Gasteiger partial charge in [-0.05, 0) is 42.0 Å². The standard InChI is InChI=1S/C19H15ClFNO4S2/c1-26-17-7-2-12(8-15(17)21)9-19(23)22-16-10-27-11-18(16)28(24,25)14-5-3-13(20)4-6-14/h2-8,10-11H,9H2,1H3,(H,22,23). The Morgan fingerprint density at radius 1 is 1.18 bits per heavy atom. The third-order valence-electron chi connectivity index (χ3n) is 3.89. The molecule has 3 rings (SSSR count). The molecule has 0 atom stereocenters. The van der Waals surface area contributed by atoms with E-state index in [4.69, 9.17) is 16.3 Å². The highest BCUT2D eigenvalue weighted by molar-refractivity contribution is 7.91. The first-order chi connectivity index (χ1) is 13.3. The van der Waals surface area contributed by atoms with Gasteiger partial charge in [0.25, 0.3) is 0 Å². The number of methoxy groups -OCH3 is 1. The molecular weight excluding hydrogens is 425 g/mol. The van der Waals surface area contributed by atoms with Gasteiger partial charge in [0.15, 0.2) is 11.6 Å². The van der Waals surface area contributed by atoms with Crippen LogP contribution in [0.25, 0.3) is 0 Å². The third-order valence-corrected chi connectivity index (χ3v) is 6.85. The highest BCUT2D eigenvalue weighted by atomic mass is 35.5. The average Bonchev–Trinajstić information content (AvgIpc) is 3.11. The molecule has 0 aliphatic rings. The third kappa shape index (κ3) is 4.35. The summed E-state index contributed by atoms with van der Waals surface area (Å²) >= 11 is 6.96. The fourth-order valence-corrected chi connectivity index (χ4v) is 5.19. The number of ether oxygens (including phenoxy) is 1. The largest absolute Gasteiger partial charge is 0.494 e. The van der Waals surface area contributed by atoms with E-state index in [-0.39, 0.29) is 27.6 Å². The maximum atomic E-state index is 13.8. The van der Waals surface area contributed by atoms with Crippen molar-refractivity contribution in [2.75, 3.05) is 12.4 Å². The van der Waals surface area contributed by atoms with Gasteiger partial charge in [0.1, 0.15) is 4.90 Å². The van der Waals surface area contributed by atoms with Gasteiger partial charge in [-0.1, -0.05) is 17.7 Å². The van der Waals surface area contributed by atoms with Gasteiger partial charge in [-0.15, -0.1) is 11.3 Å². The van der Waals surface area contributed by atoms with Gasteiger partial charge < -0.3 is 10.1 Å². The zero-order valence-electron chi connectivity index (χ0n) is 14.6. The molecule has 0 unspecified atom stereocenters. The number of carbonyl (C=O) groups excluding carboxylic acids is 1. The first-order valence-corrected chi connectivity index (χ1v) is 10.8. The predicted molar refractivity (Wildman–Crippen MR) is 107 cm³/mol. The number of carbonyl (C=O) groups is 1. The molecule has 0 aliphatic heterocycles. The van der Waals surface area contributed by atoms with Crippen molar-refractivity contribution < 1.29 is 22.3 Å². The molecule has 0 saturated carbocycles. The average molecular weight is 440 g/mol. The van der Waals surface area contributed by atoms with Crippen molar-refractivity contribution in [2.45, 2.75) is 16.2 Å². The van der Waals surface area contributed by atoms with E-state index in [1.165, 1.54) is 54.3 Å². The van der Waals surface area contributed by atoms with E-state index in [0.717, 1.165) is 11.3 Å². The monoisotopic (exact) mass is 439 g/mol. The van der Waals surface area contributed by atoms with Crippen molar-refractivity contribution in [3.05, 3.63) is 69.6 Å². The smallest absolute Gasteiger partial charge is 0.228 e. The summed E-state index contributed by atoms with van der Waals surface area (Å²) in [5, 5.41) is 6.00. The number of sulfone groups is 1. The lowest BCUT2D eigenvalue weighted by molar-refractivity contribution is -0.115. The van der Waals surface area contributed by atoms with Gasteiger partial charge in [-0.2, -0.15) is 0 Å². The summed E-state index contributed by atoms with van der Waals surface area (Å²) in [6.07, 6.45) is -0.114. The lowest BCUT2D eigenvalue weighted by Gasteiger charge is -2.09. The number of thiophene rings is 1. The van der Waals surface area contributed by atoms with Crippen LogP contribution in [0.2, 0.25) is 5.02 Å². The van der Waals surface area contributed by atoms with E-state index in [9.17, 15) is 17.6 Å². The molecule has 0 spiro atoms. The molecule has 9 heteroatoms. The summed E-state index contributed by atoms with van der Waals surface area (Å²) in [5.74, 6) is -0.955. The molecule has 0 bridgehead atoms. The quantitative estimate of drug-likeness (QED) is 0.611. The highest BCUT2D eigenvalue weighted by Crippen LogP contribution is 2.31. The molecular formula is C19H15ClFNO4S2. The number of rotatable bonds is 6. The normalized spacial score (nSPS) is 11.2. The summed E-state index contributed by atoms with van der Waals surface area (Å²) in [4.78, 5) is 12.4. The molecule has 1 amide bonds. The van der Waals surface area contributed by atoms with Gasteiger partial charge in [-0.3, -0.25) is 4.79 Å². The van der Waals surface area contributed by atoms with Crippen LogP contribution in [0.15, 0.2) is 63.0 Å². The molecule has 0 radical (unpaired) electrons.